The molecule has 1 N–H and O–H groups in total. The molecule has 0 aliphatic carbocycles. The number of anilines is 1. The molecule has 166 valence electrons. The van der Waals surface area contributed by atoms with Crippen molar-refractivity contribution in [2.45, 2.75) is 24.9 Å². The summed E-state index contributed by atoms with van der Waals surface area (Å²) in [5.41, 5.74) is 1.22. The zero-order valence-corrected chi connectivity index (χ0v) is 19.5. The van der Waals surface area contributed by atoms with Crippen LogP contribution in [0.15, 0.2) is 47.6 Å². The number of benzene rings is 1. The molecule has 1 saturated heterocycles. The van der Waals surface area contributed by atoms with Crippen LogP contribution in [-0.4, -0.2) is 65.8 Å². The SMILES string of the molecule is CCCCNC(=O)CSc1nc(Cl)cc(N2CCN(C/C=C/c3ccccc3)CC2)n1. The van der Waals surface area contributed by atoms with Gasteiger partial charge in [-0.05, 0) is 12.0 Å². The number of carbonyl (C=O) groups excluding carboxylic acids is 1. The van der Waals surface area contributed by atoms with Crippen LogP contribution in [0, 0.1) is 0 Å². The third-order valence-electron chi connectivity index (χ3n) is 5.02. The predicted octanol–water partition coefficient (Wildman–Crippen LogP) is 3.97. The maximum absolute atomic E-state index is 11.9. The summed E-state index contributed by atoms with van der Waals surface area (Å²) in [7, 11) is 0. The normalized spacial score (nSPS) is 14.8. The minimum Gasteiger partial charge on any atom is -0.355 e. The fourth-order valence-electron chi connectivity index (χ4n) is 3.26. The number of halogens is 1. The molecule has 0 radical (unpaired) electrons. The summed E-state index contributed by atoms with van der Waals surface area (Å²) in [6, 6.07) is 12.2. The Morgan fingerprint density at radius 3 is 2.71 bits per heavy atom. The first kappa shape index (κ1) is 23.6. The predicted molar refractivity (Wildman–Crippen MR) is 130 cm³/mol. The van der Waals surface area contributed by atoms with Gasteiger partial charge in [0.05, 0.1) is 5.75 Å². The average molecular weight is 460 g/mol. The fourth-order valence-corrected chi connectivity index (χ4v) is 4.17. The van der Waals surface area contributed by atoms with E-state index < -0.39 is 0 Å². The number of thioether (sulfide) groups is 1. The number of hydrogen-bond donors (Lipinski definition) is 1. The van der Waals surface area contributed by atoms with Crippen molar-refractivity contribution in [3.8, 4) is 0 Å². The van der Waals surface area contributed by atoms with Gasteiger partial charge >= 0.3 is 0 Å². The minimum atomic E-state index is 0.000692. The third kappa shape index (κ3) is 8.16. The van der Waals surface area contributed by atoms with Gasteiger partial charge < -0.3 is 10.2 Å². The first-order valence-corrected chi connectivity index (χ1v) is 12.1. The summed E-state index contributed by atoms with van der Waals surface area (Å²) in [6.45, 7) is 7.43. The molecule has 1 aromatic carbocycles. The van der Waals surface area contributed by atoms with Gasteiger partial charge in [0.2, 0.25) is 5.91 Å². The van der Waals surface area contributed by atoms with E-state index in [9.17, 15) is 4.79 Å². The molecule has 1 aliphatic rings. The van der Waals surface area contributed by atoms with Gasteiger partial charge in [0.15, 0.2) is 5.16 Å². The van der Waals surface area contributed by atoms with Gasteiger partial charge in [-0.25, -0.2) is 9.97 Å². The molecule has 2 aromatic rings. The Morgan fingerprint density at radius 2 is 1.97 bits per heavy atom. The van der Waals surface area contributed by atoms with Gasteiger partial charge in [0.1, 0.15) is 11.0 Å². The lowest BCUT2D eigenvalue weighted by Gasteiger charge is -2.35. The number of unbranched alkanes of at least 4 members (excludes halogenated alkanes) is 1. The number of piperazine rings is 1. The Balaban J connectivity index is 1.47. The Morgan fingerprint density at radius 1 is 1.19 bits per heavy atom. The standard InChI is InChI=1S/C23H30ClN5OS/c1-2-3-11-25-22(30)18-31-23-26-20(24)17-21(27-23)29-15-13-28(14-16-29)12-7-10-19-8-5-4-6-9-19/h4-10,17H,2-3,11-16,18H2,1H3,(H,25,30)/b10-7+. The van der Waals surface area contributed by atoms with Crippen LogP contribution in [0.3, 0.4) is 0 Å². The number of nitrogens with zero attached hydrogens (tertiary/aromatic N) is 4. The maximum atomic E-state index is 11.9. The van der Waals surface area contributed by atoms with E-state index >= 15 is 0 Å². The Bertz CT molecular complexity index is 856. The van der Waals surface area contributed by atoms with E-state index in [2.05, 4.69) is 68.4 Å². The summed E-state index contributed by atoms with van der Waals surface area (Å²) in [6.07, 6.45) is 6.43. The van der Waals surface area contributed by atoms with Crippen LogP contribution in [0.1, 0.15) is 25.3 Å². The molecule has 1 amide bonds. The van der Waals surface area contributed by atoms with E-state index in [1.165, 1.54) is 17.3 Å². The lowest BCUT2D eigenvalue weighted by atomic mass is 10.2. The molecule has 0 spiro atoms. The van der Waals surface area contributed by atoms with Crippen LogP contribution in [0.2, 0.25) is 5.15 Å². The van der Waals surface area contributed by atoms with Crippen molar-refractivity contribution in [1.29, 1.82) is 0 Å². The van der Waals surface area contributed by atoms with Gasteiger partial charge in [-0.2, -0.15) is 0 Å². The second kappa shape index (κ2) is 12.7. The van der Waals surface area contributed by atoms with E-state index in [1.807, 2.05) is 6.07 Å². The van der Waals surface area contributed by atoms with Gasteiger partial charge in [0, 0.05) is 45.3 Å². The molecule has 6 nitrogen and oxygen atoms in total. The molecule has 31 heavy (non-hydrogen) atoms. The third-order valence-corrected chi connectivity index (χ3v) is 6.06. The zero-order valence-electron chi connectivity index (χ0n) is 18.0. The van der Waals surface area contributed by atoms with Gasteiger partial charge in [0.25, 0.3) is 0 Å². The summed E-state index contributed by atoms with van der Waals surface area (Å²) in [4.78, 5) is 25.5. The summed E-state index contributed by atoms with van der Waals surface area (Å²) >= 11 is 7.55. The van der Waals surface area contributed by atoms with Crippen LogP contribution in [0.4, 0.5) is 5.82 Å². The van der Waals surface area contributed by atoms with E-state index in [0.717, 1.165) is 51.4 Å². The van der Waals surface area contributed by atoms with Gasteiger partial charge in [-0.3, -0.25) is 9.69 Å². The van der Waals surface area contributed by atoms with Crippen molar-refractivity contribution in [3.63, 3.8) is 0 Å². The monoisotopic (exact) mass is 459 g/mol. The zero-order chi connectivity index (χ0) is 21.9. The average Bonchev–Trinajstić information content (AvgIpc) is 2.79. The fraction of sp³-hybridized carbons (Fsp3) is 0.435. The van der Waals surface area contributed by atoms with Crippen LogP contribution < -0.4 is 10.2 Å². The Labute approximate surface area is 194 Å². The van der Waals surface area contributed by atoms with Crippen LogP contribution >= 0.6 is 23.4 Å². The van der Waals surface area contributed by atoms with E-state index in [0.29, 0.717) is 22.6 Å². The Hall–Kier alpha value is -2.09. The van der Waals surface area contributed by atoms with Crippen molar-refractivity contribution in [3.05, 3.63) is 53.2 Å². The number of rotatable bonds is 10. The van der Waals surface area contributed by atoms with Crippen molar-refractivity contribution >= 4 is 41.2 Å². The molecule has 3 rings (SSSR count). The molecule has 0 unspecified atom stereocenters. The molecule has 1 aliphatic heterocycles. The summed E-state index contributed by atoms with van der Waals surface area (Å²) in [5, 5.41) is 3.86. The molecule has 0 saturated carbocycles. The number of nitrogens with one attached hydrogen (secondary N) is 1. The highest BCUT2D eigenvalue weighted by molar-refractivity contribution is 7.99. The molecule has 0 bridgehead atoms. The maximum Gasteiger partial charge on any atom is 0.230 e. The smallest absolute Gasteiger partial charge is 0.230 e. The number of amides is 1. The molecule has 1 fully saturated rings. The topological polar surface area (TPSA) is 61.4 Å². The van der Waals surface area contributed by atoms with Gasteiger partial charge in [-0.1, -0.05) is 79.2 Å². The second-order valence-corrected chi connectivity index (χ2v) is 8.75. The minimum absolute atomic E-state index is 0.000692. The summed E-state index contributed by atoms with van der Waals surface area (Å²) in [5.74, 6) is 1.12. The summed E-state index contributed by atoms with van der Waals surface area (Å²) < 4.78 is 0. The quantitative estimate of drug-likeness (QED) is 0.251. The van der Waals surface area contributed by atoms with Crippen molar-refractivity contribution in [1.82, 2.24) is 20.2 Å². The van der Waals surface area contributed by atoms with Crippen molar-refractivity contribution in [2.24, 2.45) is 0 Å². The highest BCUT2D eigenvalue weighted by Gasteiger charge is 2.19. The molecule has 2 heterocycles. The molecule has 1 aromatic heterocycles. The highest BCUT2D eigenvalue weighted by atomic mass is 35.5. The van der Waals surface area contributed by atoms with Crippen LogP contribution in [0.5, 0.6) is 0 Å². The first-order valence-electron chi connectivity index (χ1n) is 10.8. The Kier molecular flexibility index (Phi) is 9.65. The highest BCUT2D eigenvalue weighted by Crippen LogP contribution is 2.22. The van der Waals surface area contributed by atoms with Gasteiger partial charge in [-0.15, -0.1) is 0 Å². The second-order valence-electron chi connectivity index (χ2n) is 7.42. The molecular formula is C23H30ClN5OS. The van der Waals surface area contributed by atoms with E-state index in [1.54, 1.807) is 6.07 Å². The van der Waals surface area contributed by atoms with Crippen molar-refractivity contribution < 1.29 is 4.79 Å². The number of aromatic nitrogens is 2. The lowest BCUT2D eigenvalue weighted by Crippen LogP contribution is -2.46. The van der Waals surface area contributed by atoms with Crippen LogP contribution in [-0.2, 0) is 4.79 Å². The molecule has 8 heteroatoms. The number of carbonyl (C=O) groups is 1. The van der Waals surface area contributed by atoms with E-state index in [4.69, 9.17) is 11.6 Å². The molecular weight excluding hydrogens is 430 g/mol. The largest absolute Gasteiger partial charge is 0.355 e. The number of hydrogen-bond acceptors (Lipinski definition) is 6. The van der Waals surface area contributed by atoms with E-state index in [-0.39, 0.29) is 5.91 Å². The lowest BCUT2D eigenvalue weighted by molar-refractivity contribution is -0.118. The van der Waals surface area contributed by atoms with Crippen molar-refractivity contribution in [2.75, 3.05) is 49.9 Å². The first-order chi connectivity index (χ1) is 15.1. The van der Waals surface area contributed by atoms with Crippen LogP contribution in [0.25, 0.3) is 6.08 Å². The molecule has 0 atom stereocenters.